The van der Waals surface area contributed by atoms with Crippen LogP contribution in [-0.4, -0.2) is 0 Å². The van der Waals surface area contributed by atoms with E-state index in [2.05, 4.69) is 199 Å². The predicted octanol–water partition coefficient (Wildman–Crippen LogP) is 14.5. The third kappa shape index (κ3) is 5.57. The lowest BCUT2D eigenvalue weighted by Crippen LogP contribution is -2.11. The van der Waals surface area contributed by atoms with E-state index < -0.39 is 0 Å². The Morgan fingerprint density at radius 2 is 1.02 bits per heavy atom. The third-order valence-electron chi connectivity index (χ3n) is 10.3. The van der Waals surface area contributed by atoms with Crippen molar-refractivity contribution in [3.63, 3.8) is 0 Å². The smallest absolute Gasteiger partial charge is 0.145 e. The molecule has 252 valence electrons. The molecule has 0 aliphatic rings. The zero-order chi connectivity index (χ0) is 35.8. The van der Waals surface area contributed by atoms with E-state index in [1.807, 2.05) is 18.2 Å². The van der Waals surface area contributed by atoms with Crippen molar-refractivity contribution in [3.8, 4) is 44.5 Å². The van der Waals surface area contributed by atoms with Gasteiger partial charge in [-0.1, -0.05) is 164 Å². The van der Waals surface area contributed by atoms with Crippen LogP contribution in [-0.2, 0) is 0 Å². The number of fused-ring (bicyclic) bond motifs is 4. The van der Waals surface area contributed by atoms with Gasteiger partial charge in [-0.2, -0.15) is 0 Å². The molecule has 1 heterocycles. The lowest BCUT2D eigenvalue weighted by molar-refractivity contribution is 0.670. The molecule has 2 nitrogen and oxygen atoms in total. The molecule has 54 heavy (non-hydrogen) atoms. The first-order valence-corrected chi connectivity index (χ1v) is 18.3. The highest BCUT2D eigenvalue weighted by atomic mass is 16.3. The van der Waals surface area contributed by atoms with Gasteiger partial charge in [0.2, 0.25) is 0 Å². The molecule has 0 spiro atoms. The average molecular weight is 688 g/mol. The molecule has 2 heteroatoms. The molecule has 0 N–H and O–H groups in total. The minimum atomic E-state index is 0.850. The first kappa shape index (κ1) is 31.4. The Hall–Kier alpha value is -7.34. The van der Waals surface area contributed by atoms with E-state index in [4.69, 9.17) is 4.42 Å². The van der Waals surface area contributed by atoms with Crippen molar-refractivity contribution < 1.29 is 4.42 Å². The number of benzene rings is 8. The summed E-state index contributed by atoms with van der Waals surface area (Å²) in [7, 11) is 0. The highest BCUT2D eigenvalue weighted by molar-refractivity contribution is 6.13. The first-order chi connectivity index (χ1) is 26.8. The highest BCUT2D eigenvalue weighted by Gasteiger charge is 2.23. The summed E-state index contributed by atoms with van der Waals surface area (Å²) >= 11 is 0. The number of para-hydroxylation sites is 1. The molecule has 0 atom stereocenters. The second-order valence-electron chi connectivity index (χ2n) is 13.5. The summed E-state index contributed by atoms with van der Waals surface area (Å²) in [6, 6.07) is 77.6. The molecule has 0 bridgehead atoms. The van der Waals surface area contributed by atoms with Gasteiger partial charge in [-0.15, -0.1) is 0 Å². The topological polar surface area (TPSA) is 16.4 Å². The molecule has 0 unspecified atom stereocenters. The van der Waals surface area contributed by atoms with Crippen LogP contribution in [0.15, 0.2) is 205 Å². The quantitative estimate of drug-likeness (QED) is 0.166. The van der Waals surface area contributed by atoms with E-state index in [1.54, 1.807) is 0 Å². The maximum Gasteiger partial charge on any atom is 0.145 e. The van der Waals surface area contributed by atoms with Crippen molar-refractivity contribution in [2.45, 2.75) is 0 Å². The van der Waals surface area contributed by atoms with Gasteiger partial charge in [-0.05, 0) is 92.7 Å². The fourth-order valence-corrected chi connectivity index (χ4v) is 7.67. The second-order valence-corrected chi connectivity index (χ2v) is 13.5. The summed E-state index contributed by atoms with van der Waals surface area (Å²) in [5.74, 6) is 0. The summed E-state index contributed by atoms with van der Waals surface area (Å²) in [6.07, 6.45) is 0. The molecular weight excluding hydrogens is 655 g/mol. The van der Waals surface area contributed by atoms with Crippen molar-refractivity contribution >= 4 is 49.8 Å². The number of rotatable bonds is 7. The lowest BCUT2D eigenvalue weighted by atomic mass is 9.96. The van der Waals surface area contributed by atoms with Crippen LogP contribution in [0, 0.1) is 12.1 Å². The molecule has 10 aromatic rings. The van der Waals surface area contributed by atoms with E-state index in [0.717, 1.165) is 72.4 Å². The molecule has 9 aromatic carbocycles. The molecule has 0 aliphatic carbocycles. The van der Waals surface area contributed by atoms with E-state index in [1.165, 1.54) is 21.9 Å². The number of nitrogens with zero attached hydrogens (tertiary/aromatic N) is 1. The highest BCUT2D eigenvalue weighted by Crippen LogP contribution is 2.47. The van der Waals surface area contributed by atoms with Crippen LogP contribution in [0.5, 0.6) is 0 Å². The summed E-state index contributed by atoms with van der Waals surface area (Å²) < 4.78 is 6.77. The Morgan fingerprint density at radius 3 is 1.78 bits per heavy atom. The van der Waals surface area contributed by atoms with Crippen LogP contribution in [0.25, 0.3) is 77.2 Å². The monoisotopic (exact) mass is 687 g/mol. The Kier molecular flexibility index (Phi) is 7.75. The van der Waals surface area contributed by atoms with E-state index in [0.29, 0.717) is 0 Å². The van der Waals surface area contributed by atoms with Gasteiger partial charge in [-0.3, -0.25) is 0 Å². The summed E-state index contributed by atoms with van der Waals surface area (Å²) in [4.78, 5) is 2.28. The maximum absolute atomic E-state index is 6.77. The zero-order valence-electron chi connectivity index (χ0n) is 29.4. The van der Waals surface area contributed by atoms with E-state index >= 15 is 0 Å². The van der Waals surface area contributed by atoms with Crippen molar-refractivity contribution in [3.05, 3.63) is 212 Å². The normalized spacial score (nSPS) is 11.2. The Labute approximate surface area is 314 Å². The molecule has 0 aliphatic heterocycles. The molecular formula is C52H33NO. The Balaban J connectivity index is 1.18. The van der Waals surface area contributed by atoms with E-state index in [-0.39, 0.29) is 0 Å². The molecule has 10 rings (SSSR count). The van der Waals surface area contributed by atoms with Gasteiger partial charge in [0.05, 0.1) is 11.4 Å². The van der Waals surface area contributed by atoms with Gasteiger partial charge in [0.25, 0.3) is 0 Å². The number of anilines is 3. The van der Waals surface area contributed by atoms with Crippen molar-refractivity contribution in [1.82, 2.24) is 0 Å². The number of hydrogen-bond acceptors (Lipinski definition) is 2. The average Bonchev–Trinajstić information content (AvgIpc) is 3.63. The van der Waals surface area contributed by atoms with Gasteiger partial charge in [0, 0.05) is 27.6 Å². The van der Waals surface area contributed by atoms with Gasteiger partial charge < -0.3 is 9.32 Å². The molecule has 0 saturated carbocycles. The molecule has 1 aromatic heterocycles. The minimum Gasteiger partial charge on any atom is -0.455 e. The van der Waals surface area contributed by atoms with Crippen LogP contribution in [0.3, 0.4) is 0 Å². The van der Waals surface area contributed by atoms with Gasteiger partial charge in [0.15, 0.2) is 0 Å². The van der Waals surface area contributed by atoms with Crippen LogP contribution >= 0.6 is 0 Å². The zero-order valence-corrected chi connectivity index (χ0v) is 29.4. The van der Waals surface area contributed by atoms with Crippen LogP contribution in [0.4, 0.5) is 17.1 Å². The fraction of sp³-hybridized carbons (Fsp3) is 0. The standard InChI is InChI=1S/C52H33NO/c1-3-12-36(13-4-1)38-22-24-42(25-23-38)51-49(35-34-48-47-19-9-10-21-50(47)54-52(48)51)53(43-30-26-39(27-31-43)37-14-5-2-6-15-37)44-32-28-41(29-33-44)46-20-11-17-40-16-7-8-18-45(40)46/h1-26,28-30,32-35H. The first-order valence-electron chi connectivity index (χ1n) is 18.3. The van der Waals surface area contributed by atoms with Crippen LogP contribution in [0.2, 0.25) is 0 Å². The van der Waals surface area contributed by atoms with Crippen molar-refractivity contribution in [2.75, 3.05) is 4.90 Å². The molecule has 0 amide bonds. The maximum atomic E-state index is 6.77. The number of furan rings is 1. The second kappa shape index (κ2) is 13.3. The number of hydrogen-bond donors (Lipinski definition) is 0. The Bertz CT molecular complexity index is 2880. The largest absolute Gasteiger partial charge is 0.455 e. The molecule has 0 saturated heterocycles. The fourth-order valence-electron chi connectivity index (χ4n) is 7.67. The summed E-state index contributed by atoms with van der Waals surface area (Å²) in [5, 5.41) is 4.64. The van der Waals surface area contributed by atoms with Gasteiger partial charge in [-0.25, -0.2) is 0 Å². The summed E-state index contributed by atoms with van der Waals surface area (Å²) in [5.41, 5.74) is 13.5. The van der Waals surface area contributed by atoms with Crippen LogP contribution in [0.1, 0.15) is 0 Å². The summed E-state index contributed by atoms with van der Waals surface area (Å²) in [6.45, 7) is 0. The third-order valence-corrected chi connectivity index (χ3v) is 10.3. The molecule has 0 fully saturated rings. The lowest BCUT2D eigenvalue weighted by Gasteiger charge is -2.27. The SMILES string of the molecule is c1c(-c2ccccc2)ccc(N(c2ccc(-c3cccc4ccccc34)cc2)c2ccc3c(oc4ccccc43)c2-c2ccc(-c3ccccc3)cc2)c#1. The predicted molar refractivity (Wildman–Crippen MR) is 225 cm³/mol. The Morgan fingerprint density at radius 1 is 0.389 bits per heavy atom. The molecule has 0 radical (unpaired) electrons. The van der Waals surface area contributed by atoms with Crippen molar-refractivity contribution in [1.29, 1.82) is 0 Å². The van der Waals surface area contributed by atoms with E-state index in [9.17, 15) is 0 Å². The van der Waals surface area contributed by atoms with Gasteiger partial charge in [0.1, 0.15) is 11.2 Å². The minimum absolute atomic E-state index is 0.850. The van der Waals surface area contributed by atoms with Gasteiger partial charge >= 0.3 is 0 Å². The van der Waals surface area contributed by atoms with Crippen molar-refractivity contribution in [2.24, 2.45) is 0 Å². The van der Waals surface area contributed by atoms with Crippen LogP contribution < -0.4 is 4.90 Å².